The number of methoxy groups -OCH3 is 1. The molecule has 0 aliphatic heterocycles. The summed E-state index contributed by atoms with van der Waals surface area (Å²) >= 11 is 3.39. The molecule has 2 aromatic rings. The van der Waals surface area contributed by atoms with Gasteiger partial charge >= 0.3 is 0 Å². The third kappa shape index (κ3) is 4.75. The number of carbonyl (C=O) groups excluding carboxylic acids is 1. The van der Waals surface area contributed by atoms with Crippen LogP contribution in [0.4, 0.5) is 14.5 Å². The van der Waals surface area contributed by atoms with E-state index in [9.17, 15) is 13.6 Å². The summed E-state index contributed by atoms with van der Waals surface area (Å²) < 4.78 is 33.3. The first-order chi connectivity index (χ1) is 11.4. The van der Waals surface area contributed by atoms with E-state index in [-0.39, 0.29) is 6.54 Å². The number of likely N-dealkylation sites (N-methyl/N-ethyl adjacent to an activating group) is 1. The SMILES string of the molecule is COc1ccc(Br)cc1CN(C)CC(=O)Nc1c(F)cccc1F. The van der Waals surface area contributed by atoms with E-state index in [1.807, 2.05) is 18.2 Å². The summed E-state index contributed by atoms with van der Waals surface area (Å²) in [6, 6.07) is 9.00. The van der Waals surface area contributed by atoms with Crippen molar-refractivity contribution in [1.82, 2.24) is 4.90 Å². The lowest BCUT2D eigenvalue weighted by molar-refractivity contribution is -0.117. The van der Waals surface area contributed by atoms with Crippen LogP contribution >= 0.6 is 15.9 Å². The maximum Gasteiger partial charge on any atom is 0.238 e. The Labute approximate surface area is 147 Å². The monoisotopic (exact) mass is 398 g/mol. The molecule has 0 aromatic heterocycles. The molecule has 0 saturated carbocycles. The van der Waals surface area contributed by atoms with Crippen LogP contribution in [0.2, 0.25) is 0 Å². The maximum atomic E-state index is 13.5. The number of benzene rings is 2. The van der Waals surface area contributed by atoms with Gasteiger partial charge in [-0.2, -0.15) is 0 Å². The third-order valence-electron chi connectivity index (χ3n) is 3.32. The summed E-state index contributed by atoms with van der Waals surface area (Å²) in [5, 5.41) is 2.26. The van der Waals surface area contributed by atoms with Gasteiger partial charge in [0.25, 0.3) is 0 Å². The lowest BCUT2D eigenvalue weighted by Crippen LogP contribution is -2.30. The molecule has 0 aliphatic carbocycles. The fourth-order valence-electron chi connectivity index (χ4n) is 2.26. The Balaban J connectivity index is 2.01. The molecule has 0 spiro atoms. The van der Waals surface area contributed by atoms with Gasteiger partial charge in [0.05, 0.1) is 13.7 Å². The number of ether oxygens (including phenoxy) is 1. The van der Waals surface area contributed by atoms with Gasteiger partial charge in [-0.05, 0) is 37.4 Å². The van der Waals surface area contributed by atoms with Crippen molar-refractivity contribution >= 4 is 27.5 Å². The zero-order valence-corrected chi connectivity index (χ0v) is 14.9. The van der Waals surface area contributed by atoms with Crippen molar-refractivity contribution in [3.05, 3.63) is 58.1 Å². The summed E-state index contributed by atoms with van der Waals surface area (Å²) in [6.07, 6.45) is 0. The van der Waals surface area contributed by atoms with E-state index in [1.54, 1.807) is 19.1 Å². The first-order valence-corrected chi connectivity index (χ1v) is 7.95. The summed E-state index contributed by atoms with van der Waals surface area (Å²) in [5.74, 6) is -1.42. The van der Waals surface area contributed by atoms with Crippen LogP contribution in [0, 0.1) is 11.6 Å². The third-order valence-corrected chi connectivity index (χ3v) is 3.82. The van der Waals surface area contributed by atoms with Gasteiger partial charge < -0.3 is 10.1 Å². The topological polar surface area (TPSA) is 41.6 Å². The van der Waals surface area contributed by atoms with Crippen molar-refractivity contribution in [2.75, 3.05) is 26.0 Å². The predicted octanol–water partition coefficient (Wildman–Crippen LogP) is 3.81. The van der Waals surface area contributed by atoms with Gasteiger partial charge in [-0.15, -0.1) is 0 Å². The molecule has 7 heteroatoms. The van der Waals surface area contributed by atoms with Crippen molar-refractivity contribution in [3.63, 3.8) is 0 Å². The number of para-hydroxylation sites is 1. The molecule has 2 rings (SSSR count). The second-order valence-electron chi connectivity index (χ2n) is 5.27. The molecule has 1 amide bonds. The molecular weight excluding hydrogens is 382 g/mol. The minimum Gasteiger partial charge on any atom is -0.496 e. The van der Waals surface area contributed by atoms with Gasteiger partial charge in [-0.3, -0.25) is 9.69 Å². The molecule has 0 atom stereocenters. The normalized spacial score (nSPS) is 10.8. The molecule has 128 valence electrons. The molecule has 2 aromatic carbocycles. The average molecular weight is 399 g/mol. The predicted molar refractivity (Wildman–Crippen MR) is 92.0 cm³/mol. The number of anilines is 1. The Kier molecular flexibility index (Phi) is 6.28. The summed E-state index contributed by atoms with van der Waals surface area (Å²) in [5.41, 5.74) is 0.454. The fourth-order valence-corrected chi connectivity index (χ4v) is 2.67. The molecule has 4 nitrogen and oxygen atoms in total. The van der Waals surface area contributed by atoms with Crippen LogP contribution in [0.3, 0.4) is 0 Å². The van der Waals surface area contributed by atoms with Gasteiger partial charge in [-0.1, -0.05) is 22.0 Å². The van der Waals surface area contributed by atoms with E-state index in [2.05, 4.69) is 21.2 Å². The van der Waals surface area contributed by atoms with Gasteiger partial charge in [0.15, 0.2) is 0 Å². The summed E-state index contributed by atoms with van der Waals surface area (Å²) in [6.45, 7) is 0.416. The van der Waals surface area contributed by atoms with E-state index in [0.29, 0.717) is 12.3 Å². The Morgan fingerprint density at radius 2 is 1.92 bits per heavy atom. The molecule has 1 N–H and O–H groups in total. The molecule has 0 aliphatic rings. The first kappa shape index (κ1) is 18.4. The Bertz CT molecular complexity index is 720. The van der Waals surface area contributed by atoms with Gasteiger partial charge in [0.1, 0.15) is 23.1 Å². The highest BCUT2D eigenvalue weighted by molar-refractivity contribution is 9.10. The molecule has 0 fully saturated rings. The summed E-state index contributed by atoms with van der Waals surface area (Å²) in [7, 11) is 3.30. The minimum absolute atomic E-state index is 0.0244. The molecular formula is C17H17BrF2N2O2. The molecule has 0 bridgehead atoms. The van der Waals surface area contributed by atoms with E-state index < -0.39 is 23.2 Å². The number of nitrogens with zero attached hydrogens (tertiary/aromatic N) is 1. The number of halogens is 3. The van der Waals surface area contributed by atoms with Gasteiger partial charge in [-0.25, -0.2) is 8.78 Å². The minimum atomic E-state index is -0.806. The largest absolute Gasteiger partial charge is 0.496 e. The van der Waals surface area contributed by atoms with Crippen molar-refractivity contribution in [2.45, 2.75) is 6.54 Å². The van der Waals surface area contributed by atoms with E-state index in [1.165, 1.54) is 6.07 Å². The highest BCUT2D eigenvalue weighted by Crippen LogP contribution is 2.24. The number of amides is 1. The average Bonchev–Trinajstić information content (AvgIpc) is 2.51. The number of carbonyl (C=O) groups is 1. The van der Waals surface area contributed by atoms with Crippen molar-refractivity contribution in [2.24, 2.45) is 0 Å². The van der Waals surface area contributed by atoms with Crippen molar-refractivity contribution < 1.29 is 18.3 Å². The van der Waals surface area contributed by atoms with Crippen molar-refractivity contribution in [3.8, 4) is 5.75 Å². The lowest BCUT2D eigenvalue weighted by Gasteiger charge is -2.18. The number of rotatable bonds is 6. The quantitative estimate of drug-likeness (QED) is 0.804. The molecule has 24 heavy (non-hydrogen) atoms. The van der Waals surface area contributed by atoms with Crippen LogP contribution in [0.15, 0.2) is 40.9 Å². The van der Waals surface area contributed by atoms with Crippen LogP contribution in [0.25, 0.3) is 0 Å². The Morgan fingerprint density at radius 1 is 1.25 bits per heavy atom. The van der Waals surface area contributed by atoms with Crippen LogP contribution in [-0.2, 0) is 11.3 Å². The highest BCUT2D eigenvalue weighted by Gasteiger charge is 2.14. The van der Waals surface area contributed by atoms with Crippen LogP contribution in [0.5, 0.6) is 5.75 Å². The maximum absolute atomic E-state index is 13.5. The zero-order chi connectivity index (χ0) is 17.7. The zero-order valence-electron chi connectivity index (χ0n) is 13.3. The van der Waals surface area contributed by atoms with E-state index in [0.717, 1.165) is 22.2 Å². The number of hydrogen-bond donors (Lipinski definition) is 1. The van der Waals surface area contributed by atoms with Crippen LogP contribution in [0.1, 0.15) is 5.56 Å². The van der Waals surface area contributed by atoms with E-state index in [4.69, 9.17) is 4.74 Å². The molecule has 0 radical (unpaired) electrons. The molecule has 0 heterocycles. The number of nitrogens with one attached hydrogen (secondary N) is 1. The van der Waals surface area contributed by atoms with Gasteiger partial charge in [0.2, 0.25) is 5.91 Å². The number of hydrogen-bond acceptors (Lipinski definition) is 3. The standard InChI is InChI=1S/C17H17BrF2N2O2/c1-22(9-11-8-12(18)6-7-15(11)24-2)10-16(23)21-17-13(19)4-3-5-14(17)20/h3-8H,9-10H2,1-2H3,(H,21,23). The lowest BCUT2D eigenvalue weighted by atomic mass is 10.2. The van der Waals surface area contributed by atoms with Crippen molar-refractivity contribution in [1.29, 1.82) is 0 Å². The van der Waals surface area contributed by atoms with E-state index >= 15 is 0 Å². The molecule has 0 saturated heterocycles. The fraction of sp³-hybridized carbons (Fsp3) is 0.235. The van der Waals surface area contributed by atoms with Gasteiger partial charge in [0, 0.05) is 16.6 Å². The molecule has 0 unspecified atom stereocenters. The smallest absolute Gasteiger partial charge is 0.238 e. The highest BCUT2D eigenvalue weighted by atomic mass is 79.9. The van der Waals surface area contributed by atoms with Crippen LogP contribution < -0.4 is 10.1 Å². The second-order valence-corrected chi connectivity index (χ2v) is 6.19. The van der Waals surface area contributed by atoms with Crippen LogP contribution in [-0.4, -0.2) is 31.5 Å². The second kappa shape index (κ2) is 8.21. The summed E-state index contributed by atoms with van der Waals surface area (Å²) in [4.78, 5) is 13.7. The Hall–Kier alpha value is -1.99. The Morgan fingerprint density at radius 3 is 2.54 bits per heavy atom. The first-order valence-electron chi connectivity index (χ1n) is 7.15.